The summed E-state index contributed by atoms with van der Waals surface area (Å²) in [6, 6.07) is 3.98. The maximum atomic E-state index is 12.9. The van der Waals surface area contributed by atoms with Gasteiger partial charge in [0.2, 0.25) is 11.8 Å². The molecule has 0 bridgehead atoms. The molecule has 2 aliphatic heterocycles. The van der Waals surface area contributed by atoms with Gasteiger partial charge in [0.15, 0.2) is 0 Å². The summed E-state index contributed by atoms with van der Waals surface area (Å²) >= 11 is 2.24. The molecule has 1 unspecified atom stereocenters. The summed E-state index contributed by atoms with van der Waals surface area (Å²) in [5, 5.41) is 5.31. The second-order valence-corrected chi connectivity index (χ2v) is 7.59. The van der Waals surface area contributed by atoms with Gasteiger partial charge in [0.25, 0.3) is 11.8 Å². The van der Waals surface area contributed by atoms with Crippen molar-refractivity contribution in [3.63, 3.8) is 0 Å². The first-order valence-electron chi connectivity index (χ1n) is 9.34. The van der Waals surface area contributed by atoms with Gasteiger partial charge in [0.1, 0.15) is 6.04 Å². The number of halogens is 1. The molecule has 3 rings (SSSR count). The summed E-state index contributed by atoms with van der Waals surface area (Å²) in [7, 11) is 0. The number of rotatable bonds is 10. The van der Waals surface area contributed by atoms with E-state index in [9.17, 15) is 19.2 Å². The Hall–Kier alpha value is -2.05. The van der Waals surface area contributed by atoms with Crippen molar-refractivity contribution in [1.29, 1.82) is 0 Å². The summed E-state index contributed by atoms with van der Waals surface area (Å²) in [6.45, 7) is 2.56. The van der Waals surface area contributed by atoms with Crippen molar-refractivity contribution < 1.29 is 28.7 Å². The van der Waals surface area contributed by atoms with E-state index < -0.39 is 29.7 Å². The Morgan fingerprint density at radius 3 is 2.55 bits per heavy atom. The van der Waals surface area contributed by atoms with Gasteiger partial charge in [-0.05, 0) is 18.6 Å². The van der Waals surface area contributed by atoms with Crippen molar-refractivity contribution >= 4 is 51.9 Å². The van der Waals surface area contributed by atoms with Crippen LogP contribution in [0.3, 0.4) is 0 Å². The van der Waals surface area contributed by atoms with E-state index in [1.165, 1.54) is 0 Å². The lowest BCUT2D eigenvalue weighted by Crippen LogP contribution is -2.54. The molecule has 2 heterocycles. The van der Waals surface area contributed by atoms with Crippen LogP contribution >= 0.6 is 22.6 Å². The largest absolute Gasteiger partial charge is 0.382 e. The van der Waals surface area contributed by atoms with Gasteiger partial charge in [0.05, 0.1) is 37.6 Å². The Kier molecular flexibility index (Phi) is 7.56. The minimum Gasteiger partial charge on any atom is -0.382 e. The number of carbonyl (C=O) groups is 4. The highest BCUT2D eigenvalue weighted by Crippen LogP contribution is 2.32. The molecule has 4 amide bonds. The van der Waals surface area contributed by atoms with Crippen LogP contribution in [0.4, 0.5) is 5.69 Å². The molecule has 0 radical (unpaired) electrons. The molecule has 1 atom stereocenters. The molecule has 0 aliphatic carbocycles. The highest BCUT2D eigenvalue weighted by molar-refractivity contribution is 14.1. The van der Waals surface area contributed by atoms with Gasteiger partial charge in [-0.3, -0.25) is 29.4 Å². The molecule has 0 saturated carbocycles. The van der Waals surface area contributed by atoms with E-state index in [4.69, 9.17) is 9.47 Å². The molecule has 0 aromatic heterocycles. The Balaban J connectivity index is 1.61. The number of alkyl halides is 1. The zero-order valence-electron chi connectivity index (χ0n) is 15.7. The quantitative estimate of drug-likeness (QED) is 0.207. The molecule has 1 aromatic carbocycles. The van der Waals surface area contributed by atoms with E-state index in [0.29, 0.717) is 38.7 Å². The second kappa shape index (κ2) is 10.1. The predicted molar refractivity (Wildman–Crippen MR) is 112 cm³/mol. The zero-order valence-corrected chi connectivity index (χ0v) is 17.9. The fraction of sp³-hybridized carbons (Fsp3) is 0.474. The number of anilines is 1. The van der Waals surface area contributed by atoms with E-state index >= 15 is 0 Å². The van der Waals surface area contributed by atoms with Crippen molar-refractivity contribution in [3.8, 4) is 0 Å². The molecular formula is C19H22IN3O6. The highest BCUT2D eigenvalue weighted by Gasteiger charge is 2.45. The van der Waals surface area contributed by atoms with Crippen LogP contribution in [-0.4, -0.2) is 72.0 Å². The molecule has 156 valence electrons. The number of hydrogen-bond donors (Lipinski definition) is 2. The van der Waals surface area contributed by atoms with Gasteiger partial charge >= 0.3 is 0 Å². The van der Waals surface area contributed by atoms with Gasteiger partial charge < -0.3 is 14.8 Å². The first kappa shape index (κ1) is 21.7. The molecule has 2 N–H and O–H groups in total. The normalized spacial score (nSPS) is 18.8. The van der Waals surface area contributed by atoms with Gasteiger partial charge in [-0.25, -0.2) is 0 Å². The van der Waals surface area contributed by atoms with E-state index in [-0.39, 0.29) is 24.0 Å². The number of fused-ring (bicyclic) bond motifs is 1. The van der Waals surface area contributed by atoms with Gasteiger partial charge in [-0.1, -0.05) is 28.7 Å². The van der Waals surface area contributed by atoms with Gasteiger partial charge in [0, 0.05) is 23.1 Å². The van der Waals surface area contributed by atoms with Crippen LogP contribution in [0.25, 0.3) is 0 Å². The Bertz CT molecular complexity index is 815. The summed E-state index contributed by atoms with van der Waals surface area (Å²) in [6.07, 6.45) is 0.222. The number of hydrogen-bond acceptors (Lipinski definition) is 7. The number of imide groups is 2. The monoisotopic (exact) mass is 515 g/mol. The van der Waals surface area contributed by atoms with Crippen LogP contribution in [-0.2, 0) is 19.1 Å². The third kappa shape index (κ3) is 4.93. The number of nitrogens with one attached hydrogen (secondary N) is 2. The third-order valence-electron chi connectivity index (χ3n) is 4.62. The molecule has 29 heavy (non-hydrogen) atoms. The average molecular weight is 515 g/mol. The maximum Gasteiger partial charge on any atom is 0.264 e. The van der Waals surface area contributed by atoms with Gasteiger partial charge in [-0.2, -0.15) is 0 Å². The topological polar surface area (TPSA) is 114 Å². The van der Waals surface area contributed by atoms with Crippen LogP contribution in [0.2, 0.25) is 0 Å². The molecule has 2 aliphatic rings. The molecule has 9 nitrogen and oxygen atoms in total. The van der Waals surface area contributed by atoms with Crippen molar-refractivity contribution in [2.75, 3.05) is 42.7 Å². The minimum absolute atomic E-state index is 0.0911. The molecular weight excluding hydrogens is 493 g/mol. The van der Waals surface area contributed by atoms with Crippen molar-refractivity contribution in [1.82, 2.24) is 10.2 Å². The van der Waals surface area contributed by atoms with Crippen molar-refractivity contribution in [3.05, 3.63) is 29.3 Å². The van der Waals surface area contributed by atoms with Crippen molar-refractivity contribution in [2.45, 2.75) is 18.9 Å². The maximum absolute atomic E-state index is 12.9. The fourth-order valence-electron chi connectivity index (χ4n) is 3.30. The predicted octanol–water partition coefficient (Wildman–Crippen LogP) is 0.968. The summed E-state index contributed by atoms with van der Waals surface area (Å²) in [4.78, 5) is 50.2. The Morgan fingerprint density at radius 1 is 1.07 bits per heavy atom. The number of ether oxygens (including phenoxy) is 2. The highest BCUT2D eigenvalue weighted by atomic mass is 127. The third-order valence-corrected chi connectivity index (χ3v) is 5.06. The van der Waals surface area contributed by atoms with Crippen molar-refractivity contribution in [2.24, 2.45) is 0 Å². The van der Waals surface area contributed by atoms with Crippen LogP contribution < -0.4 is 10.6 Å². The van der Waals surface area contributed by atoms with Crippen LogP contribution in [0.15, 0.2) is 18.2 Å². The van der Waals surface area contributed by atoms with Crippen LogP contribution in [0.1, 0.15) is 33.6 Å². The lowest BCUT2D eigenvalue weighted by Gasteiger charge is -2.27. The second-order valence-electron chi connectivity index (χ2n) is 6.52. The van der Waals surface area contributed by atoms with Crippen LogP contribution in [0, 0.1) is 0 Å². The smallest absolute Gasteiger partial charge is 0.264 e. The zero-order chi connectivity index (χ0) is 20.8. The number of amides is 4. The van der Waals surface area contributed by atoms with E-state index in [2.05, 4.69) is 33.2 Å². The van der Waals surface area contributed by atoms with E-state index in [0.717, 1.165) is 9.33 Å². The summed E-state index contributed by atoms with van der Waals surface area (Å²) in [5.41, 5.74) is 1.01. The fourth-order valence-corrected chi connectivity index (χ4v) is 3.61. The SMILES string of the molecule is O=C1CCC(N2C(=O)c3cccc(NCCOCCOCCI)c3C2=O)C(=O)N1. The number of piperidine rings is 1. The minimum atomic E-state index is -0.973. The molecule has 0 spiro atoms. The number of nitrogens with zero attached hydrogens (tertiary/aromatic N) is 1. The Morgan fingerprint density at radius 2 is 1.83 bits per heavy atom. The molecule has 1 saturated heterocycles. The molecule has 1 aromatic rings. The van der Waals surface area contributed by atoms with Crippen LogP contribution in [0.5, 0.6) is 0 Å². The summed E-state index contributed by atoms with van der Waals surface area (Å²) < 4.78 is 11.7. The molecule has 10 heteroatoms. The lowest BCUT2D eigenvalue weighted by molar-refractivity contribution is -0.136. The lowest BCUT2D eigenvalue weighted by atomic mass is 10.0. The standard InChI is InChI=1S/C19H22IN3O6/c20-6-8-28-10-11-29-9-7-21-13-3-1-2-12-16(13)19(27)23(18(12)26)14-4-5-15(24)22-17(14)25/h1-3,14,21H,4-11H2,(H,22,24,25). The van der Waals surface area contributed by atoms with Gasteiger partial charge in [-0.15, -0.1) is 0 Å². The average Bonchev–Trinajstić information content (AvgIpc) is 2.95. The van der Waals surface area contributed by atoms with E-state index in [1.807, 2.05) is 0 Å². The summed E-state index contributed by atoms with van der Waals surface area (Å²) in [5.74, 6) is -2.07. The molecule has 1 fully saturated rings. The number of benzene rings is 1. The first-order chi connectivity index (χ1) is 14.0. The number of carbonyl (C=O) groups excluding carboxylic acids is 4. The Labute approximate surface area is 181 Å². The van der Waals surface area contributed by atoms with E-state index in [1.54, 1.807) is 18.2 Å². The first-order valence-corrected chi connectivity index (χ1v) is 10.9.